The highest BCUT2D eigenvalue weighted by molar-refractivity contribution is 7.07. The van der Waals surface area contributed by atoms with Crippen molar-refractivity contribution in [1.29, 1.82) is 0 Å². The smallest absolute Gasteiger partial charge is 0.338 e. The number of phenols is 1. The summed E-state index contributed by atoms with van der Waals surface area (Å²) in [4.78, 5) is 31.8. The Balaban J connectivity index is 1.95. The largest absolute Gasteiger partial charge is 0.508 e. The second-order valence-electron chi connectivity index (χ2n) is 7.97. The second kappa shape index (κ2) is 10.8. The molecule has 0 radical (unpaired) electrons. The van der Waals surface area contributed by atoms with E-state index in [0.717, 1.165) is 0 Å². The number of allylic oxidation sites excluding steroid dienone is 1. The van der Waals surface area contributed by atoms with E-state index in [1.165, 1.54) is 15.9 Å². The molecule has 9 heteroatoms. The fourth-order valence-electron chi connectivity index (χ4n) is 4.11. The first kappa shape index (κ1) is 25.2. The zero-order chi connectivity index (χ0) is 25.8. The number of hydrogen-bond acceptors (Lipinski definition) is 8. The van der Waals surface area contributed by atoms with Crippen molar-refractivity contribution < 1.29 is 24.1 Å². The van der Waals surface area contributed by atoms with Crippen molar-refractivity contribution in [3.63, 3.8) is 0 Å². The molecule has 0 aliphatic carbocycles. The Morgan fingerprint density at radius 2 is 1.83 bits per heavy atom. The molecule has 1 aromatic heterocycles. The van der Waals surface area contributed by atoms with E-state index in [1.54, 1.807) is 56.3 Å². The summed E-state index contributed by atoms with van der Waals surface area (Å²) < 4.78 is 18.8. The number of nitrogens with zero attached hydrogens (tertiary/aromatic N) is 2. The summed E-state index contributed by atoms with van der Waals surface area (Å²) >= 11 is 1.22. The summed E-state index contributed by atoms with van der Waals surface area (Å²) in [6, 6.07) is 11.3. The number of aromatic hydroxyl groups is 1. The molecule has 8 nitrogen and oxygen atoms in total. The molecule has 0 saturated heterocycles. The van der Waals surface area contributed by atoms with E-state index in [2.05, 4.69) is 4.99 Å². The number of carbonyl (C=O) groups is 1. The summed E-state index contributed by atoms with van der Waals surface area (Å²) in [6.45, 7) is 8.32. The molecule has 1 atom stereocenters. The van der Waals surface area contributed by atoms with Crippen LogP contribution in [0.5, 0.6) is 17.2 Å². The Hall–Kier alpha value is -3.85. The van der Waals surface area contributed by atoms with E-state index in [1.807, 2.05) is 19.9 Å². The van der Waals surface area contributed by atoms with Gasteiger partial charge < -0.3 is 19.3 Å². The highest BCUT2D eigenvalue weighted by Gasteiger charge is 2.34. The third-order valence-corrected chi connectivity index (χ3v) is 6.55. The number of fused-ring (bicyclic) bond motifs is 1. The van der Waals surface area contributed by atoms with E-state index in [-0.39, 0.29) is 17.9 Å². The standard InChI is InChI=1S/C27H28N2O6S/c1-5-33-20-12-11-18(15-21(20)34-6-2)24-23(26(32)35-7-3)16(4)28-27-29(24)25(31)22(36-27)14-17-9-8-10-19(30)13-17/h8-15,24,30H,5-7H2,1-4H3/b22-14-/t24-/m0/s1. The number of ether oxygens (including phenoxy) is 3. The molecule has 0 saturated carbocycles. The minimum atomic E-state index is -0.762. The van der Waals surface area contributed by atoms with Crippen LogP contribution in [0.1, 0.15) is 44.9 Å². The van der Waals surface area contributed by atoms with E-state index < -0.39 is 12.0 Å². The first-order valence-electron chi connectivity index (χ1n) is 11.8. The summed E-state index contributed by atoms with van der Waals surface area (Å²) in [7, 11) is 0. The van der Waals surface area contributed by atoms with Crippen LogP contribution in [-0.4, -0.2) is 35.5 Å². The fraction of sp³-hybridized carbons (Fsp3) is 0.296. The number of rotatable bonds is 8. The molecule has 0 spiro atoms. The number of phenolic OH excluding ortho intramolecular Hbond substituents is 1. The van der Waals surface area contributed by atoms with E-state index in [9.17, 15) is 14.7 Å². The molecule has 0 amide bonds. The van der Waals surface area contributed by atoms with Gasteiger partial charge in [-0.25, -0.2) is 9.79 Å². The molecule has 0 bridgehead atoms. The lowest BCUT2D eigenvalue weighted by Crippen LogP contribution is -2.40. The van der Waals surface area contributed by atoms with Gasteiger partial charge in [-0.1, -0.05) is 29.5 Å². The minimum absolute atomic E-state index is 0.104. The molecule has 2 heterocycles. The van der Waals surface area contributed by atoms with Gasteiger partial charge in [0.25, 0.3) is 5.56 Å². The first-order chi connectivity index (χ1) is 17.4. The van der Waals surface area contributed by atoms with Crippen LogP contribution >= 0.6 is 11.3 Å². The lowest BCUT2D eigenvalue weighted by Gasteiger charge is -2.25. The van der Waals surface area contributed by atoms with Gasteiger partial charge in [-0.2, -0.15) is 0 Å². The number of esters is 1. The summed E-state index contributed by atoms with van der Waals surface area (Å²) in [5.41, 5.74) is 1.82. The summed E-state index contributed by atoms with van der Waals surface area (Å²) in [5.74, 6) is 0.680. The molecule has 0 fully saturated rings. The fourth-order valence-corrected chi connectivity index (χ4v) is 5.16. The molecule has 1 aliphatic rings. The van der Waals surface area contributed by atoms with Crippen LogP contribution in [0.15, 0.2) is 63.5 Å². The molecule has 3 aromatic rings. The molecule has 1 aliphatic heterocycles. The normalized spacial score (nSPS) is 15.3. The Kier molecular flexibility index (Phi) is 7.59. The molecule has 0 unspecified atom stereocenters. The van der Waals surface area contributed by atoms with Crippen molar-refractivity contribution in [1.82, 2.24) is 4.57 Å². The maximum Gasteiger partial charge on any atom is 0.338 e. The Morgan fingerprint density at radius 1 is 1.08 bits per heavy atom. The van der Waals surface area contributed by atoms with Crippen LogP contribution in [0, 0.1) is 0 Å². The topological polar surface area (TPSA) is 99.4 Å². The first-order valence-corrected chi connectivity index (χ1v) is 12.6. The monoisotopic (exact) mass is 508 g/mol. The zero-order valence-corrected chi connectivity index (χ0v) is 21.4. The van der Waals surface area contributed by atoms with Gasteiger partial charge in [-0.15, -0.1) is 0 Å². The lowest BCUT2D eigenvalue weighted by molar-refractivity contribution is -0.139. The number of thiazole rings is 1. The van der Waals surface area contributed by atoms with Crippen LogP contribution in [0.3, 0.4) is 0 Å². The summed E-state index contributed by atoms with van der Waals surface area (Å²) in [6.07, 6.45) is 1.70. The Morgan fingerprint density at radius 3 is 2.53 bits per heavy atom. The van der Waals surface area contributed by atoms with Gasteiger partial charge in [0.2, 0.25) is 0 Å². The highest BCUT2D eigenvalue weighted by atomic mass is 32.1. The number of aromatic nitrogens is 1. The lowest BCUT2D eigenvalue weighted by atomic mass is 9.95. The van der Waals surface area contributed by atoms with Gasteiger partial charge in [0, 0.05) is 0 Å². The Labute approximate surface area is 212 Å². The van der Waals surface area contributed by atoms with Crippen molar-refractivity contribution in [2.45, 2.75) is 33.7 Å². The van der Waals surface area contributed by atoms with Gasteiger partial charge in [-0.3, -0.25) is 9.36 Å². The minimum Gasteiger partial charge on any atom is -0.508 e. The van der Waals surface area contributed by atoms with E-state index in [0.29, 0.717) is 56.4 Å². The van der Waals surface area contributed by atoms with Crippen molar-refractivity contribution in [3.05, 3.63) is 84.5 Å². The van der Waals surface area contributed by atoms with E-state index in [4.69, 9.17) is 14.2 Å². The quantitative estimate of drug-likeness (QED) is 0.469. The molecule has 4 rings (SSSR count). The zero-order valence-electron chi connectivity index (χ0n) is 20.6. The van der Waals surface area contributed by atoms with Crippen LogP contribution in [0.4, 0.5) is 0 Å². The maximum absolute atomic E-state index is 13.7. The Bertz CT molecular complexity index is 1500. The van der Waals surface area contributed by atoms with Gasteiger partial charge in [-0.05, 0) is 69.2 Å². The number of hydrogen-bond donors (Lipinski definition) is 1. The third kappa shape index (κ3) is 4.92. The number of benzene rings is 2. The van der Waals surface area contributed by atoms with Crippen LogP contribution in [-0.2, 0) is 9.53 Å². The predicted octanol–water partition coefficient (Wildman–Crippen LogP) is 3.30. The average Bonchev–Trinajstić information content (AvgIpc) is 3.14. The van der Waals surface area contributed by atoms with Crippen molar-refractivity contribution in [2.24, 2.45) is 4.99 Å². The number of carbonyl (C=O) groups excluding carboxylic acids is 1. The van der Waals surface area contributed by atoms with Gasteiger partial charge in [0.15, 0.2) is 16.3 Å². The molecule has 1 N–H and O–H groups in total. The molecule has 36 heavy (non-hydrogen) atoms. The van der Waals surface area contributed by atoms with Crippen LogP contribution < -0.4 is 24.4 Å². The van der Waals surface area contributed by atoms with E-state index >= 15 is 0 Å². The van der Waals surface area contributed by atoms with Crippen molar-refractivity contribution in [3.8, 4) is 17.2 Å². The molecule has 188 valence electrons. The predicted molar refractivity (Wildman–Crippen MR) is 137 cm³/mol. The van der Waals surface area contributed by atoms with Gasteiger partial charge >= 0.3 is 5.97 Å². The van der Waals surface area contributed by atoms with Gasteiger partial charge in [0.05, 0.1) is 41.7 Å². The molecular formula is C27H28N2O6S. The summed E-state index contributed by atoms with van der Waals surface area (Å²) in [5, 5.41) is 9.83. The van der Waals surface area contributed by atoms with Gasteiger partial charge in [0.1, 0.15) is 5.75 Å². The molecule has 2 aromatic carbocycles. The maximum atomic E-state index is 13.7. The van der Waals surface area contributed by atoms with Crippen molar-refractivity contribution >= 4 is 23.4 Å². The van der Waals surface area contributed by atoms with Crippen LogP contribution in [0.2, 0.25) is 0 Å². The highest BCUT2D eigenvalue weighted by Crippen LogP contribution is 2.36. The van der Waals surface area contributed by atoms with Crippen molar-refractivity contribution in [2.75, 3.05) is 19.8 Å². The average molecular weight is 509 g/mol. The molecular weight excluding hydrogens is 480 g/mol. The SMILES string of the molecule is CCOC(=O)C1=C(C)N=c2s/c(=C\c3cccc(O)c3)c(=O)n2[C@H]1c1ccc(OCC)c(OCC)c1. The second-order valence-corrected chi connectivity index (χ2v) is 8.98. The van der Waals surface area contributed by atoms with Crippen LogP contribution in [0.25, 0.3) is 6.08 Å². The third-order valence-electron chi connectivity index (χ3n) is 5.57.